The average molecular weight is 593 g/mol. The Morgan fingerprint density at radius 1 is 0.784 bits per heavy atom. The van der Waals surface area contributed by atoms with E-state index in [2.05, 4.69) is 40.2 Å². The highest BCUT2D eigenvalue weighted by atomic mass is 79.9. The number of halogens is 1. The van der Waals surface area contributed by atoms with E-state index in [1.54, 1.807) is 42.6 Å². The van der Waals surface area contributed by atoms with E-state index in [1.807, 2.05) is 85.1 Å². The van der Waals surface area contributed by atoms with Crippen LogP contribution in [-0.4, -0.2) is 25.0 Å². The molecule has 4 rings (SSSR count). The summed E-state index contributed by atoms with van der Waals surface area (Å²) < 4.78 is 12.6. The molecule has 37 heavy (non-hydrogen) atoms. The molecule has 4 aromatic carbocycles. The first-order chi connectivity index (χ1) is 18.1. The van der Waals surface area contributed by atoms with Gasteiger partial charge in [0.05, 0.1) is 30.6 Å². The van der Waals surface area contributed by atoms with Crippen LogP contribution in [-0.2, 0) is 6.54 Å². The fourth-order valence-electron chi connectivity index (χ4n) is 3.55. The van der Waals surface area contributed by atoms with Crippen molar-refractivity contribution in [1.82, 2.24) is 4.90 Å². The van der Waals surface area contributed by atoms with Crippen LogP contribution in [0.2, 0.25) is 0 Å². The molecule has 4 nitrogen and oxygen atoms in total. The summed E-state index contributed by atoms with van der Waals surface area (Å²) in [6.45, 7) is 0.356. The van der Waals surface area contributed by atoms with Crippen LogP contribution in [0.4, 0.5) is 0 Å². The Kier molecular flexibility index (Phi) is 9.77. The molecule has 0 aliphatic rings. The molecule has 0 saturated heterocycles. The van der Waals surface area contributed by atoms with Crippen LogP contribution in [0.1, 0.15) is 15.9 Å². The van der Waals surface area contributed by atoms with E-state index in [4.69, 9.17) is 9.47 Å². The monoisotopic (exact) mass is 591 g/mol. The van der Waals surface area contributed by atoms with Crippen LogP contribution in [0.3, 0.4) is 0 Å². The van der Waals surface area contributed by atoms with Crippen LogP contribution in [0.15, 0.2) is 128 Å². The Bertz CT molecular complexity index is 1320. The fourth-order valence-corrected chi connectivity index (χ4v) is 6.16. The van der Waals surface area contributed by atoms with Crippen molar-refractivity contribution in [2.24, 2.45) is 0 Å². The van der Waals surface area contributed by atoms with E-state index < -0.39 is 0 Å². The van der Waals surface area contributed by atoms with Crippen molar-refractivity contribution < 1.29 is 14.3 Å². The molecule has 0 unspecified atom stereocenters. The highest BCUT2D eigenvalue weighted by molar-refractivity contribution is 9.10. The second-order valence-corrected chi connectivity index (χ2v) is 11.2. The van der Waals surface area contributed by atoms with Crippen LogP contribution in [0.25, 0.3) is 0 Å². The summed E-state index contributed by atoms with van der Waals surface area (Å²) in [6, 6.07) is 33.5. The van der Waals surface area contributed by atoms with Gasteiger partial charge in [-0.3, -0.25) is 4.79 Å². The van der Waals surface area contributed by atoms with Crippen molar-refractivity contribution >= 4 is 45.4 Å². The standard InChI is InChI=1S/C30H26BrNO3S2/c1-34-27-18-17-22(19-28(27)35-2)20-32(30(33)25-15-9-10-16-26(25)31)21-29(36-23-11-5-3-6-12-23)37-24-13-7-4-8-14-24/h3-19,21H,20H2,1-2H3. The summed E-state index contributed by atoms with van der Waals surface area (Å²) in [5, 5.41) is 0. The van der Waals surface area contributed by atoms with Gasteiger partial charge >= 0.3 is 0 Å². The summed E-state index contributed by atoms with van der Waals surface area (Å²) in [7, 11) is 3.22. The molecule has 0 spiro atoms. The lowest BCUT2D eigenvalue weighted by Gasteiger charge is -2.22. The minimum Gasteiger partial charge on any atom is -0.493 e. The first-order valence-corrected chi connectivity index (χ1v) is 13.9. The molecule has 0 heterocycles. The molecule has 0 bridgehead atoms. The molecule has 0 saturated carbocycles. The highest BCUT2D eigenvalue weighted by Gasteiger charge is 2.19. The van der Waals surface area contributed by atoms with Gasteiger partial charge in [0.15, 0.2) is 11.5 Å². The third-order valence-electron chi connectivity index (χ3n) is 5.35. The van der Waals surface area contributed by atoms with Crippen LogP contribution < -0.4 is 9.47 Å². The normalized spacial score (nSPS) is 10.5. The zero-order chi connectivity index (χ0) is 26.0. The number of rotatable bonds is 10. The van der Waals surface area contributed by atoms with Crippen molar-refractivity contribution in [3.05, 3.63) is 129 Å². The van der Waals surface area contributed by atoms with Crippen molar-refractivity contribution in [1.29, 1.82) is 0 Å². The molecule has 4 aromatic rings. The maximum absolute atomic E-state index is 13.9. The Morgan fingerprint density at radius 2 is 1.35 bits per heavy atom. The lowest BCUT2D eigenvalue weighted by Crippen LogP contribution is -2.26. The first-order valence-electron chi connectivity index (χ1n) is 11.5. The zero-order valence-electron chi connectivity index (χ0n) is 20.5. The average Bonchev–Trinajstić information content (AvgIpc) is 2.93. The lowest BCUT2D eigenvalue weighted by atomic mass is 10.1. The summed E-state index contributed by atoms with van der Waals surface area (Å²) in [5.41, 5.74) is 1.51. The number of hydrogen-bond acceptors (Lipinski definition) is 5. The maximum atomic E-state index is 13.9. The fraction of sp³-hybridized carbons (Fsp3) is 0.100. The number of thioether (sulfide) groups is 2. The molecule has 0 aliphatic heterocycles. The third kappa shape index (κ3) is 7.44. The summed E-state index contributed by atoms with van der Waals surface area (Å²) in [6.07, 6.45) is 1.94. The highest BCUT2D eigenvalue weighted by Crippen LogP contribution is 2.40. The van der Waals surface area contributed by atoms with Gasteiger partial charge in [-0.05, 0) is 70.0 Å². The van der Waals surface area contributed by atoms with E-state index in [1.165, 1.54) is 0 Å². The minimum absolute atomic E-state index is 0.109. The predicted molar refractivity (Wildman–Crippen MR) is 156 cm³/mol. The lowest BCUT2D eigenvalue weighted by molar-refractivity contribution is 0.0812. The molecule has 0 aliphatic carbocycles. The molecule has 0 atom stereocenters. The topological polar surface area (TPSA) is 38.8 Å². The van der Waals surface area contributed by atoms with E-state index in [0.29, 0.717) is 23.6 Å². The molecule has 0 fully saturated rings. The number of carbonyl (C=O) groups excluding carboxylic acids is 1. The molecule has 7 heteroatoms. The van der Waals surface area contributed by atoms with Crippen molar-refractivity contribution in [3.63, 3.8) is 0 Å². The Hall–Kier alpha value is -3.13. The van der Waals surface area contributed by atoms with Crippen LogP contribution in [0.5, 0.6) is 11.5 Å². The quantitative estimate of drug-likeness (QED) is 0.173. The molecule has 188 valence electrons. The predicted octanol–water partition coefficient (Wildman–Crippen LogP) is 8.49. The van der Waals surface area contributed by atoms with Crippen molar-refractivity contribution in [2.75, 3.05) is 14.2 Å². The van der Waals surface area contributed by atoms with Gasteiger partial charge in [0.25, 0.3) is 5.91 Å². The molecular weight excluding hydrogens is 566 g/mol. The second-order valence-electron chi connectivity index (χ2n) is 7.88. The number of methoxy groups -OCH3 is 2. The zero-order valence-corrected chi connectivity index (χ0v) is 23.7. The van der Waals surface area contributed by atoms with E-state index in [-0.39, 0.29) is 5.91 Å². The number of amides is 1. The number of hydrogen-bond donors (Lipinski definition) is 0. The second kappa shape index (κ2) is 13.4. The van der Waals surface area contributed by atoms with Gasteiger partial charge in [-0.15, -0.1) is 0 Å². The maximum Gasteiger partial charge on any atom is 0.259 e. The van der Waals surface area contributed by atoms with Gasteiger partial charge in [0.1, 0.15) is 0 Å². The third-order valence-corrected chi connectivity index (χ3v) is 8.17. The van der Waals surface area contributed by atoms with Gasteiger partial charge in [-0.25, -0.2) is 0 Å². The van der Waals surface area contributed by atoms with Gasteiger partial charge in [-0.2, -0.15) is 0 Å². The number of nitrogens with zero attached hydrogens (tertiary/aromatic N) is 1. The number of carbonyl (C=O) groups is 1. The molecule has 1 amide bonds. The molecule has 0 radical (unpaired) electrons. The first kappa shape index (κ1) is 26.9. The Labute approximate surface area is 234 Å². The smallest absolute Gasteiger partial charge is 0.259 e. The van der Waals surface area contributed by atoms with E-state index >= 15 is 0 Å². The number of benzene rings is 4. The van der Waals surface area contributed by atoms with Crippen LogP contribution >= 0.6 is 39.5 Å². The van der Waals surface area contributed by atoms with Gasteiger partial charge in [-0.1, -0.05) is 78.1 Å². The molecular formula is C30H26BrNO3S2. The van der Waals surface area contributed by atoms with E-state index in [9.17, 15) is 4.79 Å². The van der Waals surface area contributed by atoms with E-state index in [0.717, 1.165) is 24.1 Å². The summed E-state index contributed by atoms with van der Waals surface area (Å²) in [4.78, 5) is 17.8. The largest absolute Gasteiger partial charge is 0.493 e. The Morgan fingerprint density at radius 3 is 1.92 bits per heavy atom. The molecule has 0 N–H and O–H groups in total. The Balaban J connectivity index is 1.75. The summed E-state index contributed by atoms with van der Waals surface area (Å²) in [5.74, 6) is 1.15. The van der Waals surface area contributed by atoms with Gasteiger partial charge < -0.3 is 14.4 Å². The van der Waals surface area contributed by atoms with Gasteiger partial charge in [0, 0.05) is 20.5 Å². The van der Waals surface area contributed by atoms with Crippen LogP contribution in [0, 0.1) is 0 Å². The number of ether oxygens (including phenoxy) is 2. The van der Waals surface area contributed by atoms with Crippen molar-refractivity contribution in [3.8, 4) is 11.5 Å². The molecule has 0 aromatic heterocycles. The minimum atomic E-state index is -0.109. The van der Waals surface area contributed by atoms with Gasteiger partial charge in [0.2, 0.25) is 0 Å². The van der Waals surface area contributed by atoms with Crippen molar-refractivity contribution in [2.45, 2.75) is 16.3 Å². The SMILES string of the molecule is COc1ccc(CN(C=C(Sc2ccccc2)Sc2ccccc2)C(=O)c2ccccc2Br)cc1OC. The summed E-state index contributed by atoms with van der Waals surface area (Å²) >= 11 is 6.80.